The number of rotatable bonds is 6. The van der Waals surface area contributed by atoms with Crippen LogP contribution < -0.4 is 0 Å². The van der Waals surface area contributed by atoms with E-state index in [2.05, 4.69) is 133 Å². The molecule has 2 heterocycles. The molecule has 0 spiro atoms. The molecule has 0 unspecified atom stereocenters. The van der Waals surface area contributed by atoms with Crippen LogP contribution in [0.1, 0.15) is 0 Å². The average molecular weight is 594 g/mol. The highest BCUT2D eigenvalue weighted by Crippen LogP contribution is 2.37. The highest BCUT2D eigenvalue weighted by molar-refractivity contribution is 7.21. The zero-order chi connectivity index (χ0) is 30.0. The molecule has 6 aromatic carbocycles. The van der Waals surface area contributed by atoms with Crippen molar-refractivity contribution in [3.05, 3.63) is 164 Å². The number of nitrogens with zero attached hydrogens (tertiary/aromatic N) is 3. The predicted molar refractivity (Wildman–Crippen MR) is 188 cm³/mol. The van der Waals surface area contributed by atoms with E-state index in [1.165, 1.54) is 15.8 Å². The van der Waals surface area contributed by atoms with Crippen LogP contribution in [0.5, 0.6) is 0 Å². The van der Waals surface area contributed by atoms with Crippen LogP contribution in [0.2, 0.25) is 0 Å². The van der Waals surface area contributed by atoms with Crippen molar-refractivity contribution in [3.8, 4) is 66.7 Å². The summed E-state index contributed by atoms with van der Waals surface area (Å²) in [5, 5.41) is 1.03. The third kappa shape index (κ3) is 5.44. The fraction of sp³-hybridized carbons (Fsp3) is 0. The molecule has 0 saturated heterocycles. The second-order valence-corrected chi connectivity index (χ2v) is 11.9. The van der Waals surface area contributed by atoms with E-state index in [4.69, 9.17) is 15.0 Å². The van der Waals surface area contributed by atoms with Gasteiger partial charge in [0.2, 0.25) is 0 Å². The van der Waals surface area contributed by atoms with Gasteiger partial charge in [0.05, 0.1) is 21.6 Å². The summed E-state index contributed by atoms with van der Waals surface area (Å²) < 4.78 is 1.17. The van der Waals surface area contributed by atoms with E-state index in [0.29, 0.717) is 5.82 Å². The molecule has 0 aliphatic carbocycles. The van der Waals surface area contributed by atoms with Crippen LogP contribution in [0.15, 0.2) is 164 Å². The summed E-state index contributed by atoms with van der Waals surface area (Å²) in [6.45, 7) is 0. The maximum absolute atomic E-state index is 5.09. The quantitative estimate of drug-likeness (QED) is 0.192. The van der Waals surface area contributed by atoms with Crippen molar-refractivity contribution in [1.29, 1.82) is 0 Å². The lowest BCUT2D eigenvalue weighted by molar-refractivity contribution is 1.18. The Kier molecular flexibility index (Phi) is 7.02. The number of fused-ring (bicyclic) bond motifs is 1. The van der Waals surface area contributed by atoms with Gasteiger partial charge < -0.3 is 0 Å². The van der Waals surface area contributed by atoms with E-state index < -0.39 is 0 Å². The molecule has 0 N–H and O–H groups in total. The largest absolute Gasteiger partial charge is 0.235 e. The van der Waals surface area contributed by atoms with Crippen LogP contribution in [0, 0.1) is 0 Å². The summed E-state index contributed by atoms with van der Waals surface area (Å²) in [7, 11) is 0. The molecule has 0 aliphatic rings. The Bertz CT molecular complexity index is 2240. The van der Waals surface area contributed by atoms with Gasteiger partial charge >= 0.3 is 0 Å². The van der Waals surface area contributed by atoms with Crippen LogP contribution in [0.25, 0.3) is 76.9 Å². The Balaban J connectivity index is 1.22. The van der Waals surface area contributed by atoms with Crippen molar-refractivity contribution in [3.63, 3.8) is 0 Å². The van der Waals surface area contributed by atoms with Crippen LogP contribution in [-0.4, -0.2) is 15.0 Å². The minimum atomic E-state index is 0.703. The van der Waals surface area contributed by atoms with Gasteiger partial charge in [-0.1, -0.05) is 146 Å². The molecule has 0 saturated carbocycles. The number of para-hydroxylation sites is 1. The van der Waals surface area contributed by atoms with Crippen LogP contribution in [0.3, 0.4) is 0 Å². The first-order valence-electron chi connectivity index (χ1n) is 14.9. The fourth-order valence-electron chi connectivity index (χ4n) is 5.66. The van der Waals surface area contributed by atoms with Gasteiger partial charge in [0.25, 0.3) is 0 Å². The van der Waals surface area contributed by atoms with Gasteiger partial charge in [0.1, 0.15) is 5.01 Å². The smallest absolute Gasteiger partial charge is 0.160 e. The average Bonchev–Trinajstić information content (AvgIpc) is 3.58. The molecule has 0 amide bonds. The van der Waals surface area contributed by atoms with E-state index in [0.717, 1.165) is 55.3 Å². The van der Waals surface area contributed by atoms with E-state index >= 15 is 0 Å². The predicted octanol–water partition coefficient (Wildman–Crippen LogP) is 11.1. The van der Waals surface area contributed by atoms with Gasteiger partial charge in [-0.25, -0.2) is 15.0 Å². The van der Waals surface area contributed by atoms with E-state index in [9.17, 15) is 0 Å². The lowest BCUT2D eigenvalue weighted by atomic mass is 9.99. The van der Waals surface area contributed by atoms with E-state index in [1.807, 2.05) is 30.3 Å². The third-order valence-electron chi connectivity index (χ3n) is 7.95. The van der Waals surface area contributed by atoms with Crippen LogP contribution in [-0.2, 0) is 0 Å². The Labute approximate surface area is 266 Å². The normalized spacial score (nSPS) is 11.1. The van der Waals surface area contributed by atoms with E-state index in [-0.39, 0.29) is 0 Å². The van der Waals surface area contributed by atoms with Crippen molar-refractivity contribution in [2.45, 2.75) is 0 Å². The molecule has 0 radical (unpaired) electrons. The summed E-state index contributed by atoms with van der Waals surface area (Å²) in [4.78, 5) is 15.2. The first-order chi connectivity index (χ1) is 22.3. The van der Waals surface area contributed by atoms with Crippen LogP contribution >= 0.6 is 11.3 Å². The maximum Gasteiger partial charge on any atom is 0.160 e. The number of thiazole rings is 1. The molecular weight excluding hydrogens is 567 g/mol. The Hall–Kier alpha value is -5.71. The number of hydrogen-bond acceptors (Lipinski definition) is 4. The molecule has 212 valence electrons. The zero-order valence-corrected chi connectivity index (χ0v) is 25.2. The monoisotopic (exact) mass is 593 g/mol. The SMILES string of the molecule is c1ccc(-c2ccc(-c3cc(-c4cccc(-c5cccc6sc(-c7ccccc7)nc56)c4)nc(-c4ccccc4)n3)cc2)cc1. The lowest BCUT2D eigenvalue weighted by Crippen LogP contribution is -1.96. The zero-order valence-electron chi connectivity index (χ0n) is 24.3. The Morgan fingerprint density at radius 1 is 0.356 bits per heavy atom. The minimum Gasteiger partial charge on any atom is -0.235 e. The first kappa shape index (κ1) is 26.9. The summed E-state index contributed by atoms with van der Waals surface area (Å²) in [5.74, 6) is 0.703. The Morgan fingerprint density at radius 2 is 0.889 bits per heavy atom. The topological polar surface area (TPSA) is 38.7 Å². The molecule has 45 heavy (non-hydrogen) atoms. The van der Waals surface area contributed by atoms with E-state index in [1.54, 1.807) is 11.3 Å². The summed E-state index contributed by atoms with van der Waals surface area (Å²) >= 11 is 1.73. The highest BCUT2D eigenvalue weighted by Gasteiger charge is 2.14. The molecule has 0 fully saturated rings. The molecule has 0 atom stereocenters. The van der Waals surface area contributed by atoms with Crippen molar-refractivity contribution in [2.75, 3.05) is 0 Å². The van der Waals surface area contributed by atoms with Gasteiger partial charge in [-0.15, -0.1) is 11.3 Å². The molecule has 8 aromatic rings. The second-order valence-electron chi connectivity index (χ2n) is 10.9. The van der Waals surface area contributed by atoms with Gasteiger partial charge in [-0.05, 0) is 34.9 Å². The first-order valence-corrected chi connectivity index (χ1v) is 15.8. The summed E-state index contributed by atoms with van der Waals surface area (Å²) in [6.07, 6.45) is 0. The molecule has 4 heteroatoms. The van der Waals surface area contributed by atoms with Gasteiger partial charge in [0.15, 0.2) is 5.82 Å². The lowest BCUT2D eigenvalue weighted by Gasteiger charge is -2.11. The van der Waals surface area contributed by atoms with Crippen molar-refractivity contribution in [1.82, 2.24) is 15.0 Å². The summed E-state index contributed by atoms with van der Waals surface area (Å²) in [6, 6.07) is 56.8. The molecule has 2 aromatic heterocycles. The molecule has 3 nitrogen and oxygen atoms in total. The Morgan fingerprint density at radius 3 is 1.60 bits per heavy atom. The molecule has 8 rings (SSSR count). The van der Waals surface area contributed by atoms with Crippen molar-refractivity contribution >= 4 is 21.6 Å². The van der Waals surface area contributed by atoms with Gasteiger partial charge in [-0.3, -0.25) is 0 Å². The minimum absolute atomic E-state index is 0.703. The van der Waals surface area contributed by atoms with Crippen molar-refractivity contribution in [2.24, 2.45) is 0 Å². The molecule has 0 bridgehead atoms. The fourth-order valence-corrected chi connectivity index (χ4v) is 6.65. The number of hydrogen-bond donors (Lipinski definition) is 0. The van der Waals surface area contributed by atoms with Crippen LogP contribution in [0.4, 0.5) is 0 Å². The molecular formula is C41H27N3S. The second kappa shape index (κ2) is 11.8. The van der Waals surface area contributed by atoms with Crippen molar-refractivity contribution < 1.29 is 0 Å². The highest BCUT2D eigenvalue weighted by atomic mass is 32.1. The number of benzene rings is 6. The summed E-state index contributed by atoms with van der Waals surface area (Å²) in [5.41, 5.74) is 11.6. The van der Waals surface area contributed by atoms with Gasteiger partial charge in [-0.2, -0.15) is 0 Å². The molecule has 0 aliphatic heterocycles. The standard InChI is InChI=1S/C41H27N3S/c1-4-12-28(13-5-1)29-22-24-30(25-23-29)36-27-37(43-40(42-36)31-14-6-2-7-15-31)34-19-10-18-33(26-34)35-20-11-21-38-39(35)44-41(45-38)32-16-8-3-9-17-32/h1-27H. The van der Waals surface area contributed by atoms with Gasteiger partial charge in [0, 0.05) is 27.8 Å². The number of aromatic nitrogens is 3. The maximum atomic E-state index is 5.09. The third-order valence-corrected chi connectivity index (χ3v) is 9.02.